The highest BCUT2D eigenvalue weighted by atomic mass is 32.2. The Morgan fingerprint density at radius 3 is 2.74 bits per heavy atom. The number of halogens is 1. The molecular formula is C10H19FN5O2S+. The molecule has 0 saturated carbocycles. The largest absolute Gasteiger partial charge is 0.333 e. The second kappa shape index (κ2) is 5.06. The van der Waals surface area contributed by atoms with Gasteiger partial charge in [-0.3, -0.25) is 4.68 Å². The molecule has 19 heavy (non-hydrogen) atoms. The number of nitrogens with zero attached hydrogens (tertiary/aromatic N) is 3. The van der Waals surface area contributed by atoms with Crippen LogP contribution in [-0.4, -0.2) is 50.5 Å². The van der Waals surface area contributed by atoms with Gasteiger partial charge in [-0.1, -0.05) is 0 Å². The molecule has 7 nitrogen and oxygen atoms in total. The van der Waals surface area contributed by atoms with Crippen molar-refractivity contribution in [1.29, 1.82) is 0 Å². The van der Waals surface area contributed by atoms with E-state index in [1.165, 1.54) is 10.9 Å². The van der Waals surface area contributed by atoms with Gasteiger partial charge in [0.1, 0.15) is 6.54 Å². The van der Waals surface area contributed by atoms with Gasteiger partial charge < -0.3 is 4.90 Å². The Kier molecular flexibility index (Phi) is 3.79. The van der Waals surface area contributed by atoms with Crippen LogP contribution in [0.4, 0.5) is 10.1 Å². The predicted molar refractivity (Wildman–Crippen MR) is 68.7 cm³/mol. The minimum absolute atomic E-state index is 0.155. The summed E-state index contributed by atoms with van der Waals surface area (Å²) in [6.45, 7) is 0.910. The summed E-state index contributed by atoms with van der Waals surface area (Å²) in [5, 5.41) is 9.21. The van der Waals surface area contributed by atoms with Crippen LogP contribution in [0.5, 0.6) is 0 Å². The molecule has 0 radical (unpaired) electrons. The van der Waals surface area contributed by atoms with Gasteiger partial charge in [-0.25, -0.2) is 13.8 Å². The Bertz CT molecular complexity index is 536. The first-order valence-corrected chi connectivity index (χ1v) is 7.54. The highest BCUT2D eigenvalue weighted by Gasteiger charge is 2.37. The Morgan fingerprint density at radius 2 is 2.26 bits per heavy atom. The molecule has 9 heteroatoms. The number of hydrogen-bond donors (Lipinski definition) is 2. The second-order valence-electron chi connectivity index (χ2n) is 5.07. The maximum Gasteiger partial charge on any atom is 0.299 e. The van der Waals surface area contributed by atoms with E-state index in [1.54, 1.807) is 13.2 Å². The zero-order chi connectivity index (χ0) is 14.2. The number of aryl methyl sites for hydroxylation is 1. The fourth-order valence-corrected chi connectivity index (χ4v) is 3.56. The summed E-state index contributed by atoms with van der Waals surface area (Å²) in [5.41, 5.74) is 0.372. The van der Waals surface area contributed by atoms with Gasteiger partial charge >= 0.3 is 0 Å². The van der Waals surface area contributed by atoms with E-state index in [0.29, 0.717) is 18.8 Å². The molecule has 0 bridgehead atoms. The number of piperidine rings is 1. The van der Waals surface area contributed by atoms with Gasteiger partial charge in [0.2, 0.25) is 0 Å². The third-order valence-corrected chi connectivity index (χ3v) is 4.29. The van der Waals surface area contributed by atoms with Crippen molar-refractivity contribution in [3.05, 3.63) is 12.4 Å². The Balaban J connectivity index is 2.33. The average Bonchev–Trinajstić information content (AvgIpc) is 2.60. The van der Waals surface area contributed by atoms with Crippen molar-refractivity contribution in [2.24, 2.45) is 12.2 Å². The van der Waals surface area contributed by atoms with Crippen molar-refractivity contribution in [1.82, 2.24) is 9.78 Å². The van der Waals surface area contributed by atoms with Crippen molar-refractivity contribution in [2.45, 2.75) is 18.6 Å². The first-order valence-electron chi connectivity index (χ1n) is 6.03. The molecule has 1 aromatic rings. The van der Waals surface area contributed by atoms with Gasteiger partial charge in [-0.15, -0.1) is 0 Å². The van der Waals surface area contributed by atoms with Gasteiger partial charge in [0.05, 0.1) is 31.5 Å². The third-order valence-electron chi connectivity index (χ3n) is 3.23. The van der Waals surface area contributed by atoms with Crippen LogP contribution in [0.2, 0.25) is 0 Å². The minimum Gasteiger partial charge on any atom is -0.333 e. The smallest absolute Gasteiger partial charge is 0.299 e. The molecule has 0 spiro atoms. The number of likely N-dealkylation sites (tertiary alicyclic amines) is 1. The predicted octanol–water partition coefficient (Wildman–Crippen LogP) is -1.94. The zero-order valence-electron chi connectivity index (χ0n) is 11.0. The number of alkyl halides is 1. The van der Waals surface area contributed by atoms with E-state index in [4.69, 9.17) is 5.14 Å². The molecule has 3 atom stereocenters. The van der Waals surface area contributed by atoms with Gasteiger partial charge in [0.15, 0.2) is 6.17 Å². The van der Waals surface area contributed by atoms with Gasteiger partial charge in [-0.05, 0) is 0 Å². The zero-order valence-corrected chi connectivity index (χ0v) is 11.8. The Hall–Kier alpha value is -1.19. The average molecular weight is 292 g/mol. The number of rotatable bonds is 3. The molecule has 1 fully saturated rings. The lowest BCUT2D eigenvalue weighted by atomic mass is 10.0. The fraction of sp³-hybridized carbons (Fsp3) is 0.700. The molecule has 1 aliphatic heterocycles. The molecular weight excluding hydrogens is 273 g/mol. The van der Waals surface area contributed by atoms with Gasteiger partial charge in [-0.2, -0.15) is 13.5 Å². The normalized spacial score (nSPS) is 28.3. The summed E-state index contributed by atoms with van der Waals surface area (Å²) < 4.78 is 39.8. The molecule has 0 aromatic carbocycles. The van der Waals surface area contributed by atoms with Crippen LogP contribution in [0.1, 0.15) is 6.42 Å². The third kappa shape index (κ3) is 3.23. The van der Waals surface area contributed by atoms with Crippen molar-refractivity contribution in [2.75, 3.05) is 24.4 Å². The number of hydrogen-bond acceptors (Lipinski definition) is 3. The number of nitrogens with one attached hydrogen (secondary N) is 1. The maximum atomic E-state index is 13.6. The lowest BCUT2D eigenvalue weighted by Gasteiger charge is -2.35. The minimum atomic E-state index is -3.95. The van der Waals surface area contributed by atoms with Crippen LogP contribution in [0.25, 0.3) is 0 Å². The van der Waals surface area contributed by atoms with Crippen molar-refractivity contribution < 1.29 is 17.7 Å². The van der Waals surface area contributed by atoms with Crippen LogP contribution in [0.15, 0.2) is 12.4 Å². The summed E-state index contributed by atoms with van der Waals surface area (Å²) in [4.78, 5) is 0.946. The number of nitrogens with two attached hydrogens (primary N) is 1. The Morgan fingerprint density at radius 1 is 1.58 bits per heavy atom. The first-order chi connectivity index (χ1) is 8.77. The van der Waals surface area contributed by atoms with Gasteiger partial charge in [0, 0.05) is 19.7 Å². The highest BCUT2D eigenvalue weighted by molar-refractivity contribution is 7.90. The maximum absolute atomic E-state index is 13.6. The van der Waals surface area contributed by atoms with E-state index in [0.717, 1.165) is 9.21 Å². The lowest BCUT2D eigenvalue weighted by Crippen LogP contribution is -3.13. The molecule has 3 N–H and O–H groups in total. The van der Waals surface area contributed by atoms with Crippen LogP contribution >= 0.6 is 0 Å². The first kappa shape index (κ1) is 14.2. The van der Waals surface area contributed by atoms with Crippen molar-refractivity contribution in [3.8, 4) is 0 Å². The number of quaternary nitrogens is 1. The van der Waals surface area contributed by atoms with Gasteiger partial charge in [0.25, 0.3) is 10.2 Å². The van der Waals surface area contributed by atoms with E-state index in [2.05, 4.69) is 5.10 Å². The molecule has 1 aliphatic rings. The Labute approximate surface area is 112 Å². The number of anilines is 1. The monoisotopic (exact) mass is 292 g/mol. The summed E-state index contributed by atoms with van der Waals surface area (Å²) in [7, 11) is -0.433. The molecule has 2 heterocycles. The number of aromatic nitrogens is 2. The van der Waals surface area contributed by atoms with E-state index in [9.17, 15) is 12.8 Å². The molecule has 0 aliphatic carbocycles. The number of likely N-dealkylation sites (N-methyl/N-ethyl adjacent to an activating group) is 1. The standard InChI is InChI=1S/C10H18FN5O2S/c1-14-5-8(11)3-9(6-14)16(19(12,17)18)10-4-13-15(2)7-10/h4,7-9H,3,5-6H2,1-2H3,(H2,12,17,18)/p+1/t8-,9-/m0/s1. The van der Waals surface area contributed by atoms with Crippen LogP contribution < -0.4 is 14.3 Å². The molecule has 1 aromatic heterocycles. The van der Waals surface area contributed by atoms with Crippen LogP contribution in [0, 0.1) is 0 Å². The summed E-state index contributed by atoms with van der Waals surface area (Å²) in [6.07, 6.45) is 2.10. The quantitative estimate of drug-likeness (QED) is 0.679. The van der Waals surface area contributed by atoms with Crippen molar-refractivity contribution in [3.63, 3.8) is 0 Å². The molecule has 1 unspecified atom stereocenters. The van der Waals surface area contributed by atoms with E-state index in [-0.39, 0.29) is 6.42 Å². The molecule has 1 saturated heterocycles. The summed E-state index contributed by atoms with van der Waals surface area (Å²) >= 11 is 0. The topological polar surface area (TPSA) is 85.7 Å². The molecule has 0 amide bonds. The molecule has 108 valence electrons. The van der Waals surface area contributed by atoms with Crippen LogP contribution in [0.3, 0.4) is 0 Å². The van der Waals surface area contributed by atoms with E-state index >= 15 is 0 Å². The van der Waals surface area contributed by atoms with Crippen LogP contribution in [-0.2, 0) is 17.3 Å². The van der Waals surface area contributed by atoms with E-state index < -0.39 is 22.4 Å². The molecule has 2 rings (SSSR count). The second-order valence-corrected chi connectivity index (χ2v) is 6.49. The summed E-state index contributed by atoms with van der Waals surface area (Å²) in [5.74, 6) is 0. The highest BCUT2D eigenvalue weighted by Crippen LogP contribution is 2.22. The van der Waals surface area contributed by atoms with Crippen molar-refractivity contribution >= 4 is 15.9 Å². The summed E-state index contributed by atoms with van der Waals surface area (Å²) in [6, 6.07) is -0.483. The SMILES string of the molecule is Cn1cc(N([C@H]2C[C@H](F)C[NH+](C)C2)S(N)(=O)=O)cn1. The fourth-order valence-electron chi connectivity index (χ4n) is 2.59. The lowest BCUT2D eigenvalue weighted by molar-refractivity contribution is -0.888. The van der Waals surface area contributed by atoms with E-state index in [1.807, 2.05) is 7.05 Å².